The Bertz CT molecular complexity index is 958. The highest BCUT2D eigenvalue weighted by molar-refractivity contribution is 7.12. The molecule has 0 spiro atoms. The number of nitrogens with zero attached hydrogens (tertiary/aromatic N) is 3. The minimum Gasteiger partial charge on any atom is -0.449 e. The van der Waals surface area contributed by atoms with Crippen LogP contribution in [0.15, 0.2) is 30.6 Å². The maximum Gasteiger partial charge on any atom is 0.409 e. The molecule has 2 aromatic rings. The lowest BCUT2D eigenvalue weighted by Gasteiger charge is -2.22. The van der Waals surface area contributed by atoms with E-state index in [0.717, 1.165) is 40.1 Å². The van der Waals surface area contributed by atoms with E-state index in [4.69, 9.17) is 4.74 Å². The van der Waals surface area contributed by atoms with Crippen LogP contribution in [0.4, 0.5) is 4.79 Å². The van der Waals surface area contributed by atoms with Crippen molar-refractivity contribution < 1.29 is 14.3 Å². The zero-order valence-electron chi connectivity index (χ0n) is 16.6. The van der Waals surface area contributed by atoms with Crippen LogP contribution in [0.5, 0.6) is 0 Å². The Balaban J connectivity index is 1.66. The highest BCUT2D eigenvalue weighted by atomic mass is 32.1. The van der Waals surface area contributed by atoms with E-state index >= 15 is 0 Å². The number of allylic oxidation sites excluding steroid dienone is 1. The fraction of sp³-hybridized carbons (Fsp3) is 0.364. The van der Waals surface area contributed by atoms with Crippen LogP contribution < -0.4 is 0 Å². The van der Waals surface area contributed by atoms with Gasteiger partial charge in [-0.2, -0.15) is 5.26 Å². The van der Waals surface area contributed by atoms with Gasteiger partial charge >= 0.3 is 6.09 Å². The van der Waals surface area contributed by atoms with Crippen molar-refractivity contribution in [1.29, 1.82) is 5.26 Å². The number of thiophene rings is 1. The van der Waals surface area contributed by atoms with Crippen LogP contribution in [0.3, 0.4) is 0 Å². The van der Waals surface area contributed by atoms with Gasteiger partial charge in [0, 0.05) is 42.7 Å². The van der Waals surface area contributed by atoms with Crippen molar-refractivity contribution in [2.24, 2.45) is 5.92 Å². The maximum atomic E-state index is 12.4. The van der Waals surface area contributed by atoms with Crippen molar-refractivity contribution in [1.82, 2.24) is 9.88 Å². The summed E-state index contributed by atoms with van der Waals surface area (Å²) in [6, 6.07) is 5.99. The molecule has 0 aromatic carbocycles. The Morgan fingerprint density at radius 2 is 2.28 bits per heavy atom. The second kappa shape index (κ2) is 9.48. The molecule has 0 radical (unpaired) electrons. The molecule has 0 N–H and O–H groups in total. The Labute approximate surface area is 174 Å². The Morgan fingerprint density at radius 3 is 2.97 bits per heavy atom. The fourth-order valence-electron chi connectivity index (χ4n) is 3.31. The van der Waals surface area contributed by atoms with Crippen molar-refractivity contribution in [3.05, 3.63) is 57.0 Å². The largest absolute Gasteiger partial charge is 0.449 e. The summed E-state index contributed by atoms with van der Waals surface area (Å²) in [4.78, 5) is 31.4. The van der Waals surface area contributed by atoms with Crippen molar-refractivity contribution in [2.75, 3.05) is 20.7 Å². The first kappa shape index (κ1) is 20.7. The molecule has 1 aliphatic carbocycles. The van der Waals surface area contributed by atoms with E-state index in [2.05, 4.69) is 11.1 Å². The lowest BCUT2D eigenvalue weighted by atomic mass is 9.87. The van der Waals surface area contributed by atoms with Gasteiger partial charge in [-0.05, 0) is 54.5 Å². The number of ether oxygens (including phenoxy) is 1. The lowest BCUT2D eigenvalue weighted by Crippen LogP contribution is -2.27. The molecule has 0 aliphatic heterocycles. The average molecular weight is 410 g/mol. The van der Waals surface area contributed by atoms with Crippen molar-refractivity contribution in [2.45, 2.75) is 25.7 Å². The van der Waals surface area contributed by atoms with Crippen LogP contribution in [0, 0.1) is 17.2 Å². The second-order valence-electron chi connectivity index (χ2n) is 7.26. The number of amides is 1. The van der Waals surface area contributed by atoms with Crippen LogP contribution in [-0.4, -0.2) is 42.5 Å². The van der Waals surface area contributed by atoms with E-state index in [-0.39, 0.29) is 24.2 Å². The standard InChI is InChI=1S/C22H23N3O3S/c1-25(2)22(27)28-14-16-6-8-18-19(12-23)21(29-20(18)10-16)11-17(26)7-5-15-4-3-9-24-13-15/h3-5,7,9,13,16H,6,8,10-11,14H2,1-2H3/b7-5+/t16-/m1/s1. The average Bonchev–Trinajstić information content (AvgIpc) is 3.07. The summed E-state index contributed by atoms with van der Waals surface area (Å²) >= 11 is 1.54. The number of fused-ring (bicyclic) bond motifs is 1. The minimum absolute atomic E-state index is 0.0413. The van der Waals surface area contributed by atoms with Crippen molar-refractivity contribution in [3.63, 3.8) is 0 Å². The molecule has 1 aliphatic rings. The molecule has 0 saturated heterocycles. The molecule has 150 valence electrons. The molecule has 0 saturated carbocycles. The number of rotatable bonds is 6. The summed E-state index contributed by atoms with van der Waals surface area (Å²) in [7, 11) is 3.32. The highest BCUT2D eigenvalue weighted by Crippen LogP contribution is 2.36. The zero-order valence-corrected chi connectivity index (χ0v) is 17.4. The first-order chi connectivity index (χ1) is 14.0. The SMILES string of the molecule is CN(C)C(=O)OC[C@@H]1CCc2c(sc(CC(=O)/C=C/c3cccnc3)c2C#N)C1. The second-order valence-corrected chi connectivity index (χ2v) is 8.45. The summed E-state index contributed by atoms with van der Waals surface area (Å²) in [6.07, 6.45) is 8.95. The summed E-state index contributed by atoms with van der Waals surface area (Å²) < 4.78 is 5.32. The monoisotopic (exact) mass is 409 g/mol. The number of pyridine rings is 1. The Hall–Kier alpha value is -2.98. The summed E-state index contributed by atoms with van der Waals surface area (Å²) in [5.74, 6) is 0.200. The van der Waals surface area contributed by atoms with Gasteiger partial charge in [-0.15, -0.1) is 11.3 Å². The van der Waals surface area contributed by atoms with E-state index in [1.807, 2.05) is 12.1 Å². The molecule has 6 nitrogen and oxygen atoms in total. The number of carbonyl (C=O) groups is 2. The molecular weight excluding hydrogens is 386 g/mol. The zero-order chi connectivity index (χ0) is 20.8. The first-order valence-electron chi connectivity index (χ1n) is 9.46. The topological polar surface area (TPSA) is 83.3 Å². The van der Waals surface area contributed by atoms with Gasteiger partial charge in [-0.3, -0.25) is 9.78 Å². The third kappa shape index (κ3) is 5.30. The van der Waals surface area contributed by atoms with Gasteiger partial charge in [0.05, 0.1) is 12.2 Å². The number of carbonyl (C=O) groups excluding carboxylic acids is 2. The van der Waals surface area contributed by atoms with E-state index in [9.17, 15) is 14.9 Å². The molecule has 29 heavy (non-hydrogen) atoms. The van der Waals surface area contributed by atoms with Gasteiger partial charge in [-0.1, -0.05) is 6.07 Å². The lowest BCUT2D eigenvalue weighted by molar-refractivity contribution is -0.113. The van der Waals surface area contributed by atoms with Gasteiger partial charge in [0.15, 0.2) is 5.78 Å². The van der Waals surface area contributed by atoms with Gasteiger partial charge in [-0.25, -0.2) is 4.79 Å². The van der Waals surface area contributed by atoms with Crippen molar-refractivity contribution >= 4 is 29.3 Å². The van der Waals surface area contributed by atoms with E-state index in [0.29, 0.717) is 12.2 Å². The van der Waals surface area contributed by atoms with Crippen LogP contribution in [0.1, 0.15) is 32.9 Å². The Morgan fingerprint density at radius 1 is 1.45 bits per heavy atom. The van der Waals surface area contributed by atoms with Crippen LogP contribution in [-0.2, 0) is 28.8 Å². The van der Waals surface area contributed by atoms with Gasteiger partial charge in [0.2, 0.25) is 0 Å². The number of aromatic nitrogens is 1. The Kier molecular flexibility index (Phi) is 6.78. The van der Waals surface area contributed by atoms with E-state index < -0.39 is 0 Å². The van der Waals surface area contributed by atoms with E-state index in [1.54, 1.807) is 50.0 Å². The van der Waals surface area contributed by atoms with Gasteiger partial charge in [0.25, 0.3) is 0 Å². The summed E-state index contributed by atoms with van der Waals surface area (Å²) in [5.41, 5.74) is 2.57. The molecule has 1 amide bonds. The van der Waals surface area contributed by atoms with Gasteiger partial charge in [0.1, 0.15) is 6.07 Å². The molecule has 0 unspecified atom stereocenters. The molecule has 2 heterocycles. The van der Waals surface area contributed by atoms with Crippen LogP contribution in [0.25, 0.3) is 6.08 Å². The number of ketones is 1. The maximum absolute atomic E-state index is 12.4. The smallest absolute Gasteiger partial charge is 0.409 e. The quantitative estimate of drug-likeness (QED) is 0.680. The molecule has 1 atom stereocenters. The normalized spacial score (nSPS) is 15.6. The van der Waals surface area contributed by atoms with Crippen LogP contribution in [0.2, 0.25) is 0 Å². The predicted molar refractivity (Wildman–Crippen MR) is 112 cm³/mol. The third-order valence-electron chi connectivity index (χ3n) is 4.84. The summed E-state index contributed by atoms with van der Waals surface area (Å²) in [6.45, 7) is 0.373. The molecule has 0 fully saturated rings. The van der Waals surface area contributed by atoms with Crippen molar-refractivity contribution in [3.8, 4) is 6.07 Å². The molecule has 7 heteroatoms. The minimum atomic E-state index is -0.341. The number of hydrogen-bond acceptors (Lipinski definition) is 6. The molecule has 2 aromatic heterocycles. The number of hydrogen-bond donors (Lipinski definition) is 0. The third-order valence-corrected chi connectivity index (χ3v) is 6.09. The molecule has 3 rings (SSSR count). The highest BCUT2D eigenvalue weighted by Gasteiger charge is 2.27. The summed E-state index contributed by atoms with van der Waals surface area (Å²) in [5, 5.41) is 9.63. The fourth-order valence-corrected chi connectivity index (χ4v) is 4.74. The van der Waals surface area contributed by atoms with Crippen LogP contribution >= 0.6 is 11.3 Å². The molecule has 0 bridgehead atoms. The predicted octanol–water partition coefficient (Wildman–Crippen LogP) is 3.64. The first-order valence-corrected chi connectivity index (χ1v) is 10.3. The van der Waals surface area contributed by atoms with Gasteiger partial charge < -0.3 is 9.64 Å². The van der Waals surface area contributed by atoms with E-state index in [1.165, 1.54) is 4.90 Å². The number of nitriles is 1. The molecular formula is C22H23N3O3S.